The highest BCUT2D eigenvalue weighted by Gasteiger charge is 2.13. The Bertz CT molecular complexity index is 1010. The lowest BCUT2D eigenvalue weighted by molar-refractivity contribution is 0.102. The minimum atomic E-state index is -0.0691. The molecular formula is C18H17ClN6O2S. The molecule has 0 atom stereocenters. The smallest absolute Gasteiger partial charge is 0.264 e. The first-order valence-corrected chi connectivity index (χ1v) is 9.48. The van der Waals surface area contributed by atoms with Gasteiger partial charge in [-0.15, -0.1) is 10.2 Å². The fourth-order valence-corrected chi connectivity index (χ4v) is 3.16. The van der Waals surface area contributed by atoms with Crippen LogP contribution in [-0.2, 0) is 0 Å². The molecule has 0 aliphatic rings. The summed E-state index contributed by atoms with van der Waals surface area (Å²) in [5, 5.41) is 13.0. The lowest BCUT2D eigenvalue weighted by atomic mass is 10.1. The third kappa shape index (κ3) is 5.02. The number of methoxy groups -OCH3 is 1. The number of anilines is 1. The minimum absolute atomic E-state index is 0.0691. The van der Waals surface area contributed by atoms with Crippen molar-refractivity contribution in [1.82, 2.24) is 14.9 Å². The van der Waals surface area contributed by atoms with E-state index in [1.165, 1.54) is 16.4 Å². The third-order valence-electron chi connectivity index (χ3n) is 3.62. The van der Waals surface area contributed by atoms with E-state index in [-0.39, 0.29) is 17.5 Å². The van der Waals surface area contributed by atoms with Crippen LogP contribution in [0.2, 0.25) is 5.02 Å². The van der Waals surface area contributed by atoms with E-state index < -0.39 is 0 Å². The summed E-state index contributed by atoms with van der Waals surface area (Å²) >= 11 is 7.11. The van der Waals surface area contributed by atoms with Crippen LogP contribution in [0.4, 0.5) is 5.95 Å². The highest BCUT2D eigenvalue weighted by molar-refractivity contribution is 7.99. The lowest BCUT2D eigenvalue weighted by Crippen LogP contribution is -2.14. The molecule has 0 aliphatic heterocycles. The van der Waals surface area contributed by atoms with E-state index in [1.807, 2.05) is 12.1 Å². The number of nitrogens with two attached hydrogens (primary N) is 1. The van der Waals surface area contributed by atoms with Gasteiger partial charge in [0.1, 0.15) is 5.75 Å². The summed E-state index contributed by atoms with van der Waals surface area (Å²) in [5.41, 5.74) is 4.09. The fourth-order valence-electron chi connectivity index (χ4n) is 2.21. The van der Waals surface area contributed by atoms with Crippen LogP contribution in [0.5, 0.6) is 5.75 Å². The molecule has 0 saturated carbocycles. The van der Waals surface area contributed by atoms with E-state index >= 15 is 0 Å². The van der Waals surface area contributed by atoms with Gasteiger partial charge in [-0.1, -0.05) is 47.6 Å². The zero-order valence-corrected chi connectivity index (χ0v) is 16.4. The number of Topliss-reactive ketones (excluding diaryl/α,β-unsaturated/α-hetero) is 1. The summed E-state index contributed by atoms with van der Waals surface area (Å²) in [4.78, 5) is 12.3. The normalized spacial score (nSPS) is 10.9. The van der Waals surface area contributed by atoms with Gasteiger partial charge in [0, 0.05) is 10.6 Å². The number of thioether (sulfide) groups is 1. The molecular weight excluding hydrogens is 400 g/mol. The Morgan fingerprint density at radius 2 is 2.14 bits per heavy atom. The minimum Gasteiger partial charge on any atom is -0.497 e. The van der Waals surface area contributed by atoms with Crippen molar-refractivity contribution in [2.24, 2.45) is 5.10 Å². The number of ether oxygens (including phenoxy) is 1. The number of hydrogen-bond acceptors (Lipinski definition) is 8. The van der Waals surface area contributed by atoms with Crippen LogP contribution in [0.3, 0.4) is 0 Å². The van der Waals surface area contributed by atoms with Gasteiger partial charge < -0.3 is 10.6 Å². The summed E-state index contributed by atoms with van der Waals surface area (Å²) in [7, 11) is 1.55. The van der Waals surface area contributed by atoms with Crippen molar-refractivity contribution in [3.05, 3.63) is 64.7 Å². The van der Waals surface area contributed by atoms with E-state index in [9.17, 15) is 4.79 Å². The SMILES string of the molecule is COc1cccc(C(=O)CSc2nnc(N/N=C/c3cccc(Cl)c3)n2N)c1. The second-order valence-corrected chi connectivity index (χ2v) is 6.92. The van der Waals surface area contributed by atoms with Crippen molar-refractivity contribution in [3.8, 4) is 5.75 Å². The van der Waals surface area contributed by atoms with Gasteiger partial charge in [-0.2, -0.15) is 5.10 Å². The van der Waals surface area contributed by atoms with Gasteiger partial charge in [0.05, 0.1) is 19.1 Å². The predicted molar refractivity (Wildman–Crippen MR) is 111 cm³/mol. The van der Waals surface area contributed by atoms with Crippen LogP contribution in [0.15, 0.2) is 58.8 Å². The lowest BCUT2D eigenvalue weighted by Gasteiger charge is -2.04. The molecule has 0 saturated heterocycles. The van der Waals surface area contributed by atoms with Gasteiger partial charge in [0.2, 0.25) is 5.16 Å². The molecule has 8 nitrogen and oxygen atoms in total. The number of nitrogen functional groups attached to an aromatic ring is 1. The summed E-state index contributed by atoms with van der Waals surface area (Å²) in [5.74, 6) is 6.92. The quantitative estimate of drug-likeness (QED) is 0.191. The zero-order valence-electron chi connectivity index (χ0n) is 14.9. The van der Waals surface area contributed by atoms with Crippen LogP contribution in [0.25, 0.3) is 0 Å². The molecule has 2 aromatic carbocycles. The summed E-state index contributed by atoms with van der Waals surface area (Å²) < 4.78 is 6.37. The molecule has 28 heavy (non-hydrogen) atoms. The van der Waals surface area contributed by atoms with Gasteiger partial charge in [0.15, 0.2) is 5.78 Å². The number of ketones is 1. The molecule has 0 fully saturated rings. The second kappa shape index (κ2) is 9.25. The Balaban J connectivity index is 1.59. The molecule has 0 amide bonds. The van der Waals surface area contributed by atoms with Crippen molar-refractivity contribution in [2.45, 2.75) is 5.16 Å². The van der Waals surface area contributed by atoms with Crippen molar-refractivity contribution < 1.29 is 9.53 Å². The maximum atomic E-state index is 12.3. The molecule has 0 unspecified atom stereocenters. The largest absolute Gasteiger partial charge is 0.497 e. The molecule has 1 heterocycles. The average molecular weight is 417 g/mol. The first-order valence-electron chi connectivity index (χ1n) is 8.12. The van der Waals surface area contributed by atoms with Crippen molar-refractivity contribution in [3.63, 3.8) is 0 Å². The average Bonchev–Trinajstić information content (AvgIpc) is 3.06. The Kier molecular flexibility index (Phi) is 6.51. The number of hydrogen-bond donors (Lipinski definition) is 2. The van der Waals surface area contributed by atoms with E-state index in [0.29, 0.717) is 21.5 Å². The molecule has 3 rings (SSSR count). The first-order chi connectivity index (χ1) is 13.6. The third-order valence-corrected chi connectivity index (χ3v) is 4.79. The fraction of sp³-hybridized carbons (Fsp3) is 0.111. The van der Waals surface area contributed by atoms with Crippen LogP contribution in [0.1, 0.15) is 15.9 Å². The van der Waals surface area contributed by atoms with E-state index in [0.717, 1.165) is 5.56 Å². The number of nitrogens with zero attached hydrogens (tertiary/aromatic N) is 4. The standard InChI is InChI=1S/C18H17ClN6O2S/c1-27-15-7-3-5-13(9-15)16(26)11-28-18-24-23-17(25(18)20)22-21-10-12-4-2-6-14(19)8-12/h2-10H,11,20H2,1H3,(H,22,23)/b21-10+. The number of rotatable bonds is 8. The number of aromatic nitrogens is 3. The number of nitrogens with one attached hydrogen (secondary N) is 1. The van der Waals surface area contributed by atoms with Crippen molar-refractivity contribution >= 4 is 41.3 Å². The number of halogens is 1. The van der Waals surface area contributed by atoms with Crippen LogP contribution < -0.4 is 16.0 Å². The molecule has 144 valence electrons. The highest BCUT2D eigenvalue weighted by Crippen LogP contribution is 2.20. The summed E-state index contributed by atoms with van der Waals surface area (Å²) in [6.07, 6.45) is 1.58. The maximum absolute atomic E-state index is 12.3. The Morgan fingerprint density at radius 1 is 1.32 bits per heavy atom. The van der Waals surface area contributed by atoms with E-state index in [1.54, 1.807) is 49.7 Å². The predicted octanol–water partition coefficient (Wildman–Crippen LogP) is 3.07. The molecule has 0 bridgehead atoms. The number of carbonyl (C=O) groups is 1. The molecule has 0 radical (unpaired) electrons. The maximum Gasteiger partial charge on any atom is 0.264 e. The number of hydrazone groups is 1. The zero-order chi connectivity index (χ0) is 19.9. The molecule has 1 aromatic heterocycles. The van der Waals surface area contributed by atoms with Gasteiger partial charge in [-0.05, 0) is 29.8 Å². The van der Waals surface area contributed by atoms with E-state index in [4.69, 9.17) is 22.2 Å². The van der Waals surface area contributed by atoms with Crippen molar-refractivity contribution in [1.29, 1.82) is 0 Å². The van der Waals surface area contributed by atoms with Crippen molar-refractivity contribution in [2.75, 3.05) is 24.1 Å². The monoisotopic (exact) mass is 416 g/mol. The first kappa shape index (κ1) is 19.7. The summed E-state index contributed by atoms with van der Waals surface area (Å²) in [6, 6.07) is 14.2. The summed E-state index contributed by atoms with van der Waals surface area (Å²) in [6.45, 7) is 0. The number of benzene rings is 2. The van der Waals surface area contributed by atoms with Gasteiger partial charge >= 0.3 is 0 Å². The van der Waals surface area contributed by atoms with Crippen LogP contribution in [-0.4, -0.2) is 39.7 Å². The Morgan fingerprint density at radius 3 is 2.93 bits per heavy atom. The number of carbonyl (C=O) groups excluding carboxylic acids is 1. The topological polar surface area (TPSA) is 107 Å². The van der Waals surface area contributed by atoms with Gasteiger partial charge in [-0.25, -0.2) is 10.1 Å². The second-order valence-electron chi connectivity index (χ2n) is 5.54. The molecule has 10 heteroatoms. The van der Waals surface area contributed by atoms with Gasteiger partial charge in [-0.3, -0.25) is 4.79 Å². The van der Waals surface area contributed by atoms with Gasteiger partial charge in [0.25, 0.3) is 5.95 Å². The Labute approximate surface area is 170 Å². The molecule has 3 N–H and O–H groups in total. The van der Waals surface area contributed by atoms with Crippen LogP contribution >= 0.6 is 23.4 Å². The molecule has 3 aromatic rings. The van der Waals surface area contributed by atoms with E-state index in [2.05, 4.69) is 20.7 Å². The van der Waals surface area contributed by atoms with Crippen LogP contribution in [0, 0.1) is 0 Å². The Hall–Kier alpha value is -3.04. The highest BCUT2D eigenvalue weighted by atomic mass is 35.5. The molecule has 0 spiro atoms. The molecule has 0 aliphatic carbocycles.